The molecule has 9 aromatic carbocycles. The summed E-state index contributed by atoms with van der Waals surface area (Å²) in [6.45, 7) is 0. The first kappa shape index (κ1) is 33.0. The van der Waals surface area contributed by atoms with Gasteiger partial charge >= 0.3 is 0 Å². The molecule has 0 bridgehead atoms. The Bertz CT molecular complexity index is 2960. The number of benzene rings is 9. The van der Waals surface area contributed by atoms with Crippen LogP contribution < -0.4 is 9.80 Å². The molecule has 0 atom stereocenters. The van der Waals surface area contributed by atoms with Crippen molar-refractivity contribution in [2.75, 3.05) is 9.80 Å². The Hall–Kier alpha value is -7.20. The average Bonchev–Trinajstić information content (AvgIpc) is 3.92. The Morgan fingerprint density at radius 2 is 0.776 bits per heavy atom. The van der Waals surface area contributed by atoms with Gasteiger partial charge in [0.25, 0.3) is 0 Å². The van der Waals surface area contributed by atoms with E-state index in [0.29, 0.717) is 0 Å². The fourth-order valence-corrected chi connectivity index (χ4v) is 11.2. The fourth-order valence-electron chi connectivity index (χ4n) is 9.90. The molecule has 1 spiro atoms. The second-order valence-electron chi connectivity index (χ2n) is 15.2. The molecule has 2 aliphatic carbocycles. The zero-order chi connectivity index (χ0) is 38.2. The minimum absolute atomic E-state index is 0.564. The average molecular weight is 757 g/mol. The third-order valence-corrected chi connectivity index (χ3v) is 13.4. The quantitative estimate of drug-likeness (QED) is 0.167. The minimum atomic E-state index is -0.564. The summed E-state index contributed by atoms with van der Waals surface area (Å²) in [7, 11) is 0. The van der Waals surface area contributed by atoms with Crippen molar-refractivity contribution in [3.63, 3.8) is 0 Å². The van der Waals surface area contributed by atoms with E-state index in [9.17, 15) is 0 Å². The van der Waals surface area contributed by atoms with E-state index in [-0.39, 0.29) is 0 Å². The topological polar surface area (TPSA) is 6.48 Å². The first-order valence-corrected chi connectivity index (χ1v) is 20.8. The molecule has 0 N–H and O–H groups in total. The number of fused-ring (bicyclic) bond motifs is 14. The van der Waals surface area contributed by atoms with Crippen LogP contribution in [0.25, 0.3) is 42.4 Å². The summed E-state index contributed by atoms with van der Waals surface area (Å²) in [6, 6.07) is 80.3. The minimum Gasteiger partial charge on any atom is -0.310 e. The van der Waals surface area contributed by atoms with Gasteiger partial charge in [-0.2, -0.15) is 0 Å². The summed E-state index contributed by atoms with van der Waals surface area (Å²) in [4.78, 5) is 4.79. The lowest BCUT2D eigenvalue weighted by atomic mass is 9.70. The van der Waals surface area contributed by atoms with Gasteiger partial charge in [0, 0.05) is 59.9 Å². The van der Waals surface area contributed by atoms with E-state index in [0.717, 1.165) is 34.1 Å². The molecule has 1 heterocycles. The van der Waals surface area contributed by atoms with Crippen LogP contribution in [0, 0.1) is 0 Å². The summed E-state index contributed by atoms with van der Waals surface area (Å²) in [6.07, 6.45) is 0. The van der Waals surface area contributed by atoms with Crippen LogP contribution in [0.5, 0.6) is 0 Å². The smallest absolute Gasteiger partial charge is 0.0727 e. The van der Waals surface area contributed by atoms with Crippen LogP contribution in [-0.4, -0.2) is 0 Å². The zero-order valence-corrected chi connectivity index (χ0v) is 32.4. The third-order valence-electron chi connectivity index (χ3n) is 12.2. The number of nitrogens with zero attached hydrogens (tertiary/aromatic N) is 2. The van der Waals surface area contributed by atoms with Crippen molar-refractivity contribution in [2.24, 2.45) is 0 Å². The summed E-state index contributed by atoms with van der Waals surface area (Å²) >= 11 is 1.92. The van der Waals surface area contributed by atoms with E-state index < -0.39 is 5.41 Å². The van der Waals surface area contributed by atoms with E-state index in [1.807, 2.05) is 11.3 Å². The van der Waals surface area contributed by atoms with Crippen LogP contribution in [0.2, 0.25) is 0 Å². The molecular formula is C55H36N2S. The second-order valence-corrected chi connectivity index (χ2v) is 16.3. The molecule has 272 valence electrons. The molecular weight excluding hydrogens is 721 g/mol. The summed E-state index contributed by atoms with van der Waals surface area (Å²) in [5.41, 5.74) is 16.7. The summed E-state index contributed by atoms with van der Waals surface area (Å²) in [5, 5.41) is 2.65. The Morgan fingerprint density at radius 1 is 0.310 bits per heavy atom. The predicted molar refractivity (Wildman–Crippen MR) is 245 cm³/mol. The van der Waals surface area contributed by atoms with Gasteiger partial charge in [0.15, 0.2) is 0 Å². The standard InChI is InChI=1S/C55H36N2S/c1-5-17-37(18-6-1)56(38-19-7-2-8-20-38)41-29-31-43-44-32-30-42(57(39-21-9-3-10-22-39)40-23-11-4-12-24-40)36-51(44)55(50(43)35-41)48-27-15-13-26-47(48)53-49(55)34-33-46-45-25-14-16-28-52(45)58-54(46)53/h1-36H. The molecule has 10 aromatic rings. The van der Waals surface area contributed by atoms with Crippen molar-refractivity contribution in [2.45, 2.75) is 5.41 Å². The van der Waals surface area contributed by atoms with Crippen molar-refractivity contribution >= 4 is 65.6 Å². The van der Waals surface area contributed by atoms with E-state index in [4.69, 9.17) is 0 Å². The molecule has 12 rings (SSSR count). The molecule has 0 aliphatic heterocycles. The van der Waals surface area contributed by atoms with Crippen molar-refractivity contribution < 1.29 is 0 Å². The maximum atomic E-state index is 2.49. The van der Waals surface area contributed by atoms with E-state index in [1.165, 1.54) is 64.7 Å². The Balaban J connectivity index is 1.18. The number of thiophene rings is 1. The maximum absolute atomic E-state index is 2.49. The largest absolute Gasteiger partial charge is 0.310 e. The van der Waals surface area contributed by atoms with Gasteiger partial charge in [-0.1, -0.05) is 140 Å². The number of hydrogen-bond donors (Lipinski definition) is 0. The van der Waals surface area contributed by atoms with Crippen molar-refractivity contribution in [1.82, 2.24) is 0 Å². The van der Waals surface area contributed by atoms with Gasteiger partial charge in [-0.15, -0.1) is 11.3 Å². The normalized spacial score (nSPS) is 13.0. The van der Waals surface area contributed by atoms with Gasteiger partial charge < -0.3 is 9.80 Å². The first-order chi connectivity index (χ1) is 28.8. The molecule has 0 amide bonds. The van der Waals surface area contributed by atoms with Gasteiger partial charge in [-0.25, -0.2) is 0 Å². The predicted octanol–water partition coefficient (Wildman–Crippen LogP) is 15.3. The third kappa shape index (κ3) is 4.71. The molecule has 1 aromatic heterocycles. The molecule has 0 saturated carbocycles. The Morgan fingerprint density at radius 3 is 1.31 bits per heavy atom. The van der Waals surface area contributed by atoms with Crippen molar-refractivity contribution in [3.8, 4) is 22.3 Å². The monoisotopic (exact) mass is 756 g/mol. The highest BCUT2D eigenvalue weighted by molar-refractivity contribution is 7.26. The lowest BCUT2D eigenvalue weighted by Gasteiger charge is -2.33. The zero-order valence-electron chi connectivity index (χ0n) is 31.6. The van der Waals surface area contributed by atoms with Gasteiger partial charge in [0.05, 0.1) is 5.41 Å². The number of para-hydroxylation sites is 4. The van der Waals surface area contributed by atoms with Crippen LogP contribution in [0.3, 0.4) is 0 Å². The first-order valence-electron chi connectivity index (χ1n) is 19.9. The van der Waals surface area contributed by atoms with Crippen LogP contribution in [0.15, 0.2) is 218 Å². The molecule has 58 heavy (non-hydrogen) atoms. The van der Waals surface area contributed by atoms with Gasteiger partial charge in [0.2, 0.25) is 0 Å². The van der Waals surface area contributed by atoms with Crippen LogP contribution in [-0.2, 0) is 5.41 Å². The molecule has 0 fully saturated rings. The van der Waals surface area contributed by atoms with E-state index >= 15 is 0 Å². The fraction of sp³-hybridized carbons (Fsp3) is 0.0182. The molecule has 0 saturated heterocycles. The van der Waals surface area contributed by atoms with Crippen LogP contribution >= 0.6 is 11.3 Å². The van der Waals surface area contributed by atoms with E-state index in [1.54, 1.807) is 0 Å². The molecule has 2 aliphatic rings. The summed E-state index contributed by atoms with van der Waals surface area (Å²) < 4.78 is 2.68. The molecule has 2 nitrogen and oxygen atoms in total. The van der Waals surface area contributed by atoms with Gasteiger partial charge in [-0.05, 0) is 118 Å². The van der Waals surface area contributed by atoms with Crippen LogP contribution in [0.4, 0.5) is 34.1 Å². The molecule has 0 radical (unpaired) electrons. The van der Waals surface area contributed by atoms with Crippen molar-refractivity contribution in [1.29, 1.82) is 0 Å². The lowest BCUT2D eigenvalue weighted by Crippen LogP contribution is -2.26. The Labute approximate surface area is 342 Å². The van der Waals surface area contributed by atoms with Gasteiger partial charge in [0.1, 0.15) is 0 Å². The molecule has 3 heteroatoms. The molecule has 0 unspecified atom stereocenters. The lowest BCUT2D eigenvalue weighted by molar-refractivity contribution is 0.794. The highest BCUT2D eigenvalue weighted by Crippen LogP contribution is 2.65. The Kier molecular flexibility index (Phi) is 7.35. The number of anilines is 6. The van der Waals surface area contributed by atoms with E-state index in [2.05, 4.69) is 228 Å². The summed E-state index contributed by atoms with van der Waals surface area (Å²) in [5.74, 6) is 0. The maximum Gasteiger partial charge on any atom is 0.0727 e. The highest BCUT2D eigenvalue weighted by Gasteiger charge is 2.52. The van der Waals surface area contributed by atoms with Crippen molar-refractivity contribution in [3.05, 3.63) is 241 Å². The second kappa shape index (κ2) is 12.9. The van der Waals surface area contributed by atoms with Crippen LogP contribution in [0.1, 0.15) is 22.3 Å². The SMILES string of the molecule is c1ccc(N(c2ccccc2)c2ccc3c(c2)C2(c4cc(N(c5ccccc5)c5ccccc5)ccc4-3)c3ccccc3-c3c2ccc2c3sc3ccccc32)cc1. The van der Waals surface area contributed by atoms with Gasteiger partial charge in [-0.3, -0.25) is 0 Å². The number of hydrogen-bond acceptors (Lipinski definition) is 3. The number of rotatable bonds is 6. The highest BCUT2D eigenvalue weighted by atomic mass is 32.1.